The Hall–Kier alpha value is -5.20. The molecule has 7 rings (SSSR count). The van der Waals surface area contributed by atoms with Crippen molar-refractivity contribution in [3.05, 3.63) is 119 Å². The van der Waals surface area contributed by atoms with E-state index < -0.39 is 10.0 Å². The second-order valence-corrected chi connectivity index (χ2v) is 13.9. The summed E-state index contributed by atoms with van der Waals surface area (Å²) in [6, 6.07) is 31.9. The summed E-state index contributed by atoms with van der Waals surface area (Å²) in [5.41, 5.74) is 4.58. The van der Waals surface area contributed by atoms with Crippen molar-refractivity contribution in [1.29, 1.82) is 0 Å². The van der Waals surface area contributed by atoms with Gasteiger partial charge in [-0.05, 0) is 36.0 Å². The maximum Gasteiger partial charge on any atom is 0.410 e. The van der Waals surface area contributed by atoms with Gasteiger partial charge in [0.25, 0.3) is 15.2 Å². The van der Waals surface area contributed by atoms with Crippen LogP contribution in [0.3, 0.4) is 0 Å². The summed E-state index contributed by atoms with van der Waals surface area (Å²) in [4.78, 5) is 28.0. The zero-order valence-electron chi connectivity index (χ0n) is 27.3. The average molecular weight is 679 g/mol. The molecule has 0 spiro atoms. The van der Waals surface area contributed by atoms with Crippen LogP contribution in [-0.2, 0) is 40.9 Å². The fourth-order valence-electron chi connectivity index (χ4n) is 6.33. The minimum absolute atomic E-state index is 0.207. The standard InChI is InChI=1S/C37H38N6O5S/c1-38-49(45,46)36-39-33-24-43(34-23-30(22-29-14-8-9-15-31(29)34)47-25-27-10-4-2-5-11-27)17-16-32(33)35(40-36)41-18-20-42(21-19-41)37(44)48-26-28-12-6-3-7-13-28/h2-15,22-23,38H,16-21,24-26H2,1H3. The summed E-state index contributed by atoms with van der Waals surface area (Å²) in [7, 11) is -2.57. The maximum absolute atomic E-state index is 13.1. The lowest BCUT2D eigenvalue weighted by molar-refractivity contribution is 0.0941. The number of aromatic nitrogens is 2. The first-order valence-corrected chi connectivity index (χ1v) is 17.8. The lowest BCUT2D eigenvalue weighted by Crippen LogP contribution is -2.50. The number of carbonyl (C=O) groups is 1. The number of piperazine rings is 1. The first-order chi connectivity index (χ1) is 23.9. The van der Waals surface area contributed by atoms with Gasteiger partial charge in [-0.15, -0.1) is 0 Å². The Kier molecular flexibility index (Phi) is 9.32. The molecule has 2 aliphatic rings. The van der Waals surface area contributed by atoms with Crippen molar-refractivity contribution in [2.75, 3.05) is 49.6 Å². The third kappa shape index (κ3) is 7.15. The van der Waals surface area contributed by atoms with E-state index in [1.54, 1.807) is 4.90 Å². The lowest BCUT2D eigenvalue weighted by atomic mass is 10.0. The van der Waals surface area contributed by atoms with Crippen LogP contribution in [0.1, 0.15) is 22.4 Å². The largest absolute Gasteiger partial charge is 0.489 e. The summed E-state index contributed by atoms with van der Waals surface area (Å²) in [6.45, 7) is 3.55. The second kappa shape index (κ2) is 14.1. The van der Waals surface area contributed by atoms with E-state index in [9.17, 15) is 13.2 Å². The van der Waals surface area contributed by atoms with Gasteiger partial charge in [-0.3, -0.25) is 0 Å². The molecule has 5 aromatic rings. The molecular formula is C37H38N6O5S. The Morgan fingerprint density at radius 1 is 0.796 bits per heavy atom. The number of nitrogens with zero attached hydrogens (tertiary/aromatic N) is 5. The van der Waals surface area contributed by atoms with E-state index in [0.29, 0.717) is 63.8 Å². The molecule has 0 atom stereocenters. The number of hydrogen-bond acceptors (Lipinski definition) is 9. The van der Waals surface area contributed by atoms with E-state index in [4.69, 9.17) is 9.47 Å². The number of amides is 1. The first kappa shape index (κ1) is 32.4. The monoisotopic (exact) mass is 678 g/mol. The van der Waals surface area contributed by atoms with Gasteiger partial charge in [0.05, 0.1) is 12.2 Å². The highest BCUT2D eigenvalue weighted by Crippen LogP contribution is 2.37. The molecule has 3 heterocycles. The number of hydrogen-bond donors (Lipinski definition) is 1. The van der Waals surface area contributed by atoms with Gasteiger partial charge in [0.2, 0.25) is 0 Å². The van der Waals surface area contributed by atoms with Gasteiger partial charge in [-0.1, -0.05) is 84.9 Å². The number of anilines is 2. The quantitative estimate of drug-likeness (QED) is 0.212. The third-order valence-corrected chi connectivity index (χ3v) is 10.2. The van der Waals surface area contributed by atoms with Crippen molar-refractivity contribution in [3.8, 4) is 5.75 Å². The minimum Gasteiger partial charge on any atom is -0.489 e. The van der Waals surface area contributed by atoms with Gasteiger partial charge in [-0.25, -0.2) is 22.9 Å². The zero-order valence-corrected chi connectivity index (χ0v) is 28.1. The molecule has 0 unspecified atom stereocenters. The normalized spacial score (nSPS) is 14.8. The molecule has 49 heavy (non-hydrogen) atoms. The number of carbonyl (C=O) groups excluding carboxylic acids is 1. The van der Waals surface area contributed by atoms with Crippen LogP contribution in [0.15, 0.2) is 102 Å². The third-order valence-electron chi connectivity index (χ3n) is 8.98. The van der Waals surface area contributed by atoms with Crippen LogP contribution in [0.25, 0.3) is 10.8 Å². The highest BCUT2D eigenvalue weighted by Gasteiger charge is 2.31. The van der Waals surface area contributed by atoms with Crippen LogP contribution in [0, 0.1) is 0 Å². The van der Waals surface area contributed by atoms with Gasteiger partial charge < -0.3 is 24.2 Å². The van der Waals surface area contributed by atoms with Crippen molar-refractivity contribution in [3.63, 3.8) is 0 Å². The molecule has 11 nitrogen and oxygen atoms in total. The SMILES string of the molecule is CNS(=O)(=O)c1nc2c(c(N3CCN(C(=O)OCc4ccccc4)CC3)n1)CCN(c1cc(OCc3ccccc3)cc3ccccc13)C2. The Bertz CT molecular complexity index is 2060. The highest BCUT2D eigenvalue weighted by molar-refractivity contribution is 7.89. The molecular weight excluding hydrogens is 641 g/mol. The molecule has 0 saturated carbocycles. The molecule has 1 saturated heterocycles. The van der Waals surface area contributed by atoms with Crippen molar-refractivity contribution in [2.24, 2.45) is 0 Å². The minimum atomic E-state index is -3.93. The second-order valence-electron chi connectivity index (χ2n) is 12.1. The van der Waals surface area contributed by atoms with Gasteiger partial charge in [-0.2, -0.15) is 4.98 Å². The molecule has 0 radical (unpaired) electrons. The van der Waals surface area contributed by atoms with E-state index in [-0.39, 0.29) is 17.9 Å². The van der Waals surface area contributed by atoms with Crippen molar-refractivity contribution in [2.45, 2.75) is 31.3 Å². The molecule has 0 bridgehead atoms. The molecule has 2 aliphatic heterocycles. The highest BCUT2D eigenvalue weighted by atomic mass is 32.2. The van der Waals surface area contributed by atoms with Crippen molar-refractivity contribution < 1.29 is 22.7 Å². The molecule has 1 aromatic heterocycles. The van der Waals surface area contributed by atoms with Crippen LogP contribution >= 0.6 is 0 Å². The van der Waals surface area contributed by atoms with E-state index >= 15 is 0 Å². The molecule has 1 N–H and O–H groups in total. The van der Waals surface area contributed by atoms with Crippen LogP contribution in [0.4, 0.5) is 16.3 Å². The van der Waals surface area contributed by atoms with Crippen molar-refractivity contribution >= 4 is 38.4 Å². The number of sulfonamides is 1. The fourth-order valence-corrected chi connectivity index (χ4v) is 6.95. The summed E-state index contributed by atoms with van der Waals surface area (Å²) < 4.78 is 40.3. The zero-order chi connectivity index (χ0) is 33.8. The predicted octanol–water partition coefficient (Wildman–Crippen LogP) is 5.14. The van der Waals surface area contributed by atoms with Gasteiger partial charge in [0.15, 0.2) is 0 Å². The summed E-state index contributed by atoms with van der Waals surface area (Å²) in [6.07, 6.45) is 0.248. The van der Waals surface area contributed by atoms with E-state index in [1.807, 2.05) is 72.8 Å². The van der Waals surface area contributed by atoms with E-state index in [1.165, 1.54) is 7.05 Å². The number of ether oxygens (including phenoxy) is 2. The Labute approximate surface area is 286 Å². The maximum atomic E-state index is 13.1. The number of rotatable bonds is 9. The number of fused-ring (bicyclic) bond motifs is 2. The van der Waals surface area contributed by atoms with Crippen molar-refractivity contribution in [1.82, 2.24) is 19.6 Å². The molecule has 1 fully saturated rings. The fraction of sp³-hybridized carbons (Fsp3) is 0.270. The lowest BCUT2D eigenvalue weighted by Gasteiger charge is -2.38. The molecule has 4 aromatic carbocycles. The topological polar surface area (TPSA) is 117 Å². The van der Waals surface area contributed by atoms with Crippen LogP contribution < -0.4 is 19.3 Å². The smallest absolute Gasteiger partial charge is 0.410 e. The Balaban J connectivity index is 1.13. The van der Waals surface area contributed by atoms with Crippen LogP contribution in [0.2, 0.25) is 0 Å². The summed E-state index contributed by atoms with van der Waals surface area (Å²) in [5.74, 6) is 1.35. The van der Waals surface area contributed by atoms with E-state index in [2.05, 4.69) is 48.8 Å². The number of nitrogens with one attached hydrogen (secondary N) is 1. The molecule has 1 amide bonds. The van der Waals surface area contributed by atoms with Gasteiger partial charge >= 0.3 is 6.09 Å². The molecule has 0 aliphatic carbocycles. The Morgan fingerprint density at radius 2 is 1.47 bits per heavy atom. The van der Waals surface area contributed by atoms with E-state index in [0.717, 1.165) is 38.9 Å². The van der Waals surface area contributed by atoms with Gasteiger partial charge in [0, 0.05) is 55.4 Å². The van der Waals surface area contributed by atoms with Crippen LogP contribution in [0.5, 0.6) is 5.75 Å². The summed E-state index contributed by atoms with van der Waals surface area (Å²) in [5, 5.41) is 1.86. The number of benzene rings is 4. The predicted molar refractivity (Wildman–Crippen MR) is 188 cm³/mol. The summed E-state index contributed by atoms with van der Waals surface area (Å²) >= 11 is 0. The first-order valence-electron chi connectivity index (χ1n) is 16.4. The average Bonchev–Trinajstić information content (AvgIpc) is 3.16. The molecule has 252 valence electrons. The Morgan fingerprint density at radius 3 is 2.18 bits per heavy atom. The molecule has 12 heteroatoms. The van der Waals surface area contributed by atoms with Gasteiger partial charge in [0.1, 0.15) is 24.8 Å². The van der Waals surface area contributed by atoms with Crippen LogP contribution in [-0.4, -0.2) is 69.2 Å².